The first kappa shape index (κ1) is 18.8. The van der Waals surface area contributed by atoms with Crippen molar-refractivity contribution in [1.29, 1.82) is 0 Å². The van der Waals surface area contributed by atoms with Crippen LogP contribution in [0.4, 0.5) is 0 Å². The van der Waals surface area contributed by atoms with Gasteiger partial charge < -0.3 is 4.43 Å². The molecule has 0 heterocycles. The van der Waals surface area contributed by atoms with Gasteiger partial charge in [0.25, 0.3) is 0 Å². The molecule has 3 aromatic rings. The lowest BCUT2D eigenvalue weighted by Crippen LogP contribution is -2.42. The second kappa shape index (κ2) is 7.33. The van der Waals surface area contributed by atoms with Crippen LogP contribution in [0.2, 0.25) is 0 Å². The van der Waals surface area contributed by atoms with Gasteiger partial charge in [-0.15, -0.1) is 0 Å². The molecule has 3 radical (unpaired) electrons. The topological polar surface area (TPSA) is 9.23 Å². The van der Waals surface area contributed by atoms with Gasteiger partial charge >= 0.3 is 0 Å². The molecule has 2 heteroatoms. The van der Waals surface area contributed by atoms with Crippen molar-refractivity contribution >= 4 is 28.7 Å². The molecule has 6 rings (SSSR count). The molecule has 3 aliphatic carbocycles. The molecule has 0 saturated carbocycles. The highest BCUT2D eigenvalue weighted by atomic mass is 28.2. The predicted molar refractivity (Wildman–Crippen MR) is 129 cm³/mol. The third-order valence-electron chi connectivity index (χ3n) is 7.46. The van der Waals surface area contributed by atoms with E-state index in [9.17, 15) is 0 Å². The van der Waals surface area contributed by atoms with Gasteiger partial charge in [0.15, 0.2) is 0 Å². The fourth-order valence-electron chi connectivity index (χ4n) is 6.13. The normalized spacial score (nSPS) is 24.1. The summed E-state index contributed by atoms with van der Waals surface area (Å²) >= 11 is 0. The molecule has 0 aliphatic heterocycles. The van der Waals surface area contributed by atoms with E-state index in [1.54, 1.807) is 0 Å². The average molecular weight is 416 g/mol. The Labute approximate surface area is 187 Å². The fourth-order valence-corrected chi connectivity index (χ4v) is 6.38. The molecule has 0 aromatic heterocycles. The monoisotopic (exact) mass is 415 g/mol. The van der Waals surface area contributed by atoms with Gasteiger partial charge in [-0.2, -0.15) is 0 Å². The summed E-state index contributed by atoms with van der Waals surface area (Å²) in [5.41, 5.74) is 7.91. The lowest BCUT2D eigenvalue weighted by Gasteiger charge is -2.48. The van der Waals surface area contributed by atoms with Crippen molar-refractivity contribution < 1.29 is 4.43 Å². The van der Waals surface area contributed by atoms with Crippen LogP contribution in [0.5, 0.6) is 0 Å². The largest absolute Gasteiger partial charge is 0.418 e. The summed E-state index contributed by atoms with van der Waals surface area (Å²) in [5.74, 6) is 0.713. The zero-order chi connectivity index (χ0) is 20.8. The Morgan fingerprint density at radius 3 is 1.29 bits per heavy atom. The maximum atomic E-state index is 5.89. The highest BCUT2D eigenvalue weighted by Crippen LogP contribution is 2.62. The molecule has 0 spiro atoms. The lowest BCUT2D eigenvalue weighted by atomic mass is 9.56. The number of fused-ring (bicyclic) bond motifs is 3. The highest BCUT2D eigenvalue weighted by Gasteiger charge is 2.53. The Kier molecular flexibility index (Phi) is 4.45. The van der Waals surface area contributed by atoms with Gasteiger partial charge in [-0.3, -0.25) is 0 Å². The summed E-state index contributed by atoms with van der Waals surface area (Å²) in [4.78, 5) is 0. The van der Waals surface area contributed by atoms with Crippen molar-refractivity contribution in [3.8, 4) is 0 Å². The molecule has 149 valence electrons. The van der Waals surface area contributed by atoms with Crippen molar-refractivity contribution in [2.45, 2.75) is 17.8 Å². The maximum Gasteiger partial charge on any atom is 0.246 e. The molecule has 1 nitrogen and oxygen atoms in total. The molecular formula is C29H23OSi. The molecule has 0 saturated heterocycles. The van der Waals surface area contributed by atoms with Gasteiger partial charge in [0, 0.05) is 29.8 Å². The Hall–Kier alpha value is -2.94. The van der Waals surface area contributed by atoms with Gasteiger partial charge in [-0.1, -0.05) is 109 Å². The third kappa shape index (κ3) is 2.72. The van der Waals surface area contributed by atoms with Crippen LogP contribution < -0.4 is 0 Å². The van der Waals surface area contributed by atoms with Crippen LogP contribution in [0.3, 0.4) is 0 Å². The first-order valence-electron chi connectivity index (χ1n) is 10.9. The number of allylic oxidation sites excluding steroid dienone is 3. The summed E-state index contributed by atoms with van der Waals surface area (Å²) in [5, 5.41) is 0. The van der Waals surface area contributed by atoms with E-state index in [1.807, 2.05) is 0 Å². The van der Waals surface area contributed by atoms with Crippen molar-refractivity contribution in [3.63, 3.8) is 0 Å². The van der Waals surface area contributed by atoms with E-state index in [0.29, 0.717) is 6.61 Å². The highest BCUT2D eigenvalue weighted by molar-refractivity contribution is 5.98. The number of hydrogen-bond acceptors (Lipinski definition) is 1. The standard InChI is InChI=1S/C29H23OSi/c31-30-19-29(26-16-13-20-7-1-4-10-23(20)26,27-17-14-21-8-2-5-11-24(21)27)28-18-15-22-9-3-6-12-25(22)28/h1-18,26-28H,19H2. The molecule has 0 fully saturated rings. The molecule has 3 aliphatic rings. The average Bonchev–Trinajstić information content (AvgIpc) is 3.54. The second-order valence-corrected chi connectivity index (χ2v) is 9.09. The lowest BCUT2D eigenvalue weighted by molar-refractivity contribution is 0.102. The van der Waals surface area contributed by atoms with Crippen LogP contribution in [0.15, 0.2) is 91.0 Å². The van der Waals surface area contributed by atoms with Crippen LogP contribution in [-0.2, 0) is 4.43 Å². The first-order chi connectivity index (χ1) is 15.3. The van der Waals surface area contributed by atoms with Gasteiger partial charge in [-0.25, -0.2) is 0 Å². The van der Waals surface area contributed by atoms with Gasteiger partial charge in [0.1, 0.15) is 0 Å². The summed E-state index contributed by atoms with van der Waals surface area (Å²) in [7, 11) is 3.43. The van der Waals surface area contributed by atoms with Crippen molar-refractivity contribution in [1.82, 2.24) is 0 Å². The molecule has 3 aromatic carbocycles. The van der Waals surface area contributed by atoms with E-state index >= 15 is 0 Å². The van der Waals surface area contributed by atoms with E-state index in [1.165, 1.54) is 33.4 Å². The summed E-state index contributed by atoms with van der Waals surface area (Å²) < 4.78 is 5.89. The smallest absolute Gasteiger partial charge is 0.246 e. The molecular weight excluding hydrogens is 392 g/mol. The molecule has 0 N–H and O–H groups in total. The van der Waals surface area contributed by atoms with Crippen molar-refractivity contribution in [2.75, 3.05) is 6.61 Å². The third-order valence-corrected chi connectivity index (χ3v) is 7.60. The molecule has 31 heavy (non-hydrogen) atoms. The summed E-state index contributed by atoms with van der Waals surface area (Å²) in [6.45, 7) is 0.597. The Morgan fingerprint density at radius 2 is 0.935 bits per heavy atom. The molecule has 0 bridgehead atoms. The minimum Gasteiger partial charge on any atom is -0.418 e. The summed E-state index contributed by atoms with van der Waals surface area (Å²) in [6.07, 6.45) is 14.1. The zero-order valence-electron chi connectivity index (χ0n) is 17.2. The Balaban J connectivity index is 1.61. The fraction of sp³-hybridized carbons (Fsp3) is 0.172. The minimum atomic E-state index is -0.211. The van der Waals surface area contributed by atoms with E-state index < -0.39 is 0 Å². The van der Waals surface area contributed by atoms with Gasteiger partial charge in [0.05, 0.1) is 0 Å². The number of rotatable bonds is 5. The predicted octanol–water partition coefficient (Wildman–Crippen LogP) is 6.50. The maximum absolute atomic E-state index is 5.89. The van der Waals surface area contributed by atoms with E-state index in [2.05, 4.69) is 120 Å². The molecule has 3 unspecified atom stereocenters. The van der Waals surface area contributed by atoms with Crippen molar-refractivity contribution in [3.05, 3.63) is 124 Å². The van der Waals surface area contributed by atoms with Crippen LogP contribution in [0, 0.1) is 5.41 Å². The minimum absolute atomic E-state index is 0.211. The first-order valence-corrected chi connectivity index (χ1v) is 11.3. The zero-order valence-corrected chi connectivity index (χ0v) is 18.2. The van der Waals surface area contributed by atoms with Gasteiger partial charge in [-0.05, 0) is 33.4 Å². The van der Waals surface area contributed by atoms with Crippen LogP contribution in [-0.4, -0.2) is 17.1 Å². The van der Waals surface area contributed by atoms with Crippen molar-refractivity contribution in [2.24, 2.45) is 5.41 Å². The van der Waals surface area contributed by atoms with E-state index in [0.717, 1.165) is 0 Å². The molecule has 0 amide bonds. The Morgan fingerprint density at radius 1 is 0.581 bits per heavy atom. The SMILES string of the molecule is [Si]OCC(C1C=Cc2ccccc21)(C1C=Cc2ccccc21)C1C=Cc2ccccc21. The Bertz CT molecular complexity index is 1090. The quantitative estimate of drug-likeness (QED) is 0.432. The summed E-state index contributed by atoms with van der Waals surface area (Å²) in [6, 6.07) is 26.4. The van der Waals surface area contributed by atoms with E-state index in [4.69, 9.17) is 4.43 Å². The molecule has 3 atom stereocenters. The van der Waals surface area contributed by atoms with Crippen LogP contribution in [0.25, 0.3) is 18.2 Å². The van der Waals surface area contributed by atoms with Crippen LogP contribution in [0.1, 0.15) is 51.1 Å². The van der Waals surface area contributed by atoms with E-state index in [-0.39, 0.29) is 23.2 Å². The second-order valence-electron chi connectivity index (χ2n) is 8.80. The number of hydrogen-bond donors (Lipinski definition) is 0. The van der Waals surface area contributed by atoms with Gasteiger partial charge in [0.2, 0.25) is 10.5 Å². The number of benzene rings is 3. The van der Waals surface area contributed by atoms with Crippen LogP contribution >= 0.6 is 0 Å².